The second-order valence-electron chi connectivity index (χ2n) is 5.66. The van der Waals surface area contributed by atoms with Gasteiger partial charge in [-0.2, -0.15) is 0 Å². The van der Waals surface area contributed by atoms with E-state index in [4.69, 9.17) is 5.73 Å². The predicted octanol–water partition coefficient (Wildman–Crippen LogP) is 3.62. The van der Waals surface area contributed by atoms with Gasteiger partial charge in [-0.1, -0.05) is 38.1 Å². The summed E-state index contributed by atoms with van der Waals surface area (Å²) in [4.78, 5) is 15.1. The van der Waals surface area contributed by atoms with E-state index >= 15 is 0 Å². The van der Waals surface area contributed by atoms with Gasteiger partial charge in [0.05, 0.1) is 5.52 Å². The van der Waals surface area contributed by atoms with Gasteiger partial charge in [-0.05, 0) is 30.0 Å². The zero-order valence-corrected chi connectivity index (χ0v) is 11.7. The molecule has 1 heterocycles. The van der Waals surface area contributed by atoms with Gasteiger partial charge in [-0.3, -0.25) is 4.79 Å². The van der Waals surface area contributed by atoms with E-state index in [1.807, 2.05) is 36.4 Å². The summed E-state index contributed by atoms with van der Waals surface area (Å²) in [6, 6.07) is 11.9. The first-order valence-electron chi connectivity index (χ1n) is 6.90. The number of hydrogen-bond acceptors (Lipinski definition) is 1. The lowest BCUT2D eigenvalue weighted by Crippen LogP contribution is -2.11. The highest BCUT2D eigenvalue weighted by atomic mass is 16.1. The summed E-state index contributed by atoms with van der Waals surface area (Å²) in [7, 11) is 0. The van der Waals surface area contributed by atoms with Gasteiger partial charge in [-0.25, -0.2) is 0 Å². The monoisotopic (exact) mass is 266 g/mol. The van der Waals surface area contributed by atoms with Gasteiger partial charge in [0.1, 0.15) is 0 Å². The highest BCUT2D eigenvalue weighted by molar-refractivity contribution is 6.18. The molecule has 0 bridgehead atoms. The summed E-state index contributed by atoms with van der Waals surface area (Å²) in [5.41, 5.74) is 9.43. The molecule has 3 aromatic rings. The summed E-state index contributed by atoms with van der Waals surface area (Å²) in [6.07, 6.45) is 0.975. The van der Waals surface area contributed by atoms with Crippen molar-refractivity contribution in [2.24, 2.45) is 11.7 Å². The lowest BCUT2D eigenvalue weighted by Gasteiger charge is -2.08. The Balaban J connectivity index is 2.41. The first kappa shape index (κ1) is 12.7. The number of rotatable bonds is 3. The van der Waals surface area contributed by atoms with Crippen LogP contribution in [0.2, 0.25) is 0 Å². The molecule has 3 heteroatoms. The number of fused-ring (bicyclic) bond motifs is 3. The Labute approximate surface area is 117 Å². The van der Waals surface area contributed by atoms with Crippen LogP contribution in [0, 0.1) is 5.92 Å². The van der Waals surface area contributed by atoms with Crippen molar-refractivity contribution in [3.8, 4) is 0 Å². The second kappa shape index (κ2) is 4.67. The third-order valence-electron chi connectivity index (χ3n) is 3.64. The van der Waals surface area contributed by atoms with Crippen LogP contribution >= 0.6 is 0 Å². The van der Waals surface area contributed by atoms with E-state index in [9.17, 15) is 4.79 Å². The van der Waals surface area contributed by atoms with Crippen LogP contribution in [-0.4, -0.2) is 10.9 Å². The van der Waals surface area contributed by atoms with Crippen LogP contribution in [-0.2, 0) is 6.42 Å². The molecule has 0 atom stereocenters. The standard InChI is InChI=1S/C17H18N2O/c1-10(2)9-11-7-8-13(17(18)20)15-12-5-3-4-6-14(12)19-16(11)15/h3-8,10,19H,9H2,1-2H3,(H2,18,20). The number of hydrogen-bond donors (Lipinski definition) is 2. The molecule has 1 aromatic heterocycles. The summed E-state index contributed by atoms with van der Waals surface area (Å²) < 4.78 is 0. The van der Waals surface area contributed by atoms with Gasteiger partial charge in [0.15, 0.2) is 0 Å². The number of amides is 1. The molecule has 3 rings (SSSR count). The van der Waals surface area contributed by atoms with Crippen molar-refractivity contribution in [1.82, 2.24) is 4.98 Å². The van der Waals surface area contributed by atoms with Crippen molar-refractivity contribution in [2.75, 3.05) is 0 Å². The minimum Gasteiger partial charge on any atom is -0.366 e. The molecule has 0 aliphatic carbocycles. The van der Waals surface area contributed by atoms with E-state index in [1.54, 1.807) is 0 Å². The Bertz CT molecular complexity index is 799. The van der Waals surface area contributed by atoms with E-state index < -0.39 is 0 Å². The van der Waals surface area contributed by atoms with Crippen molar-refractivity contribution in [3.05, 3.63) is 47.5 Å². The van der Waals surface area contributed by atoms with Crippen LogP contribution in [0.4, 0.5) is 0 Å². The Morgan fingerprint density at radius 1 is 1.20 bits per heavy atom. The van der Waals surface area contributed by atoms with Gasteiger partial charge >= 0.3 is 0 Å². The molecule has 3 nitrogen and oxygen atoms in total. The number of aromatic amines is 1. The number of H-pyrrole nitrogens is 1. The van der Waals surface area contributed by atoms with E-state index in [1.165, 1.54) is 5.56 Å². The molecule has 0 saturated heterocycles. The molecule has 0 aliphatic heterocycles. The van der Waals surface area contributed by atoms with E-state index in [-0.39, 0.29) is 5.91 Å². The minimum absolute atomic E-state index is 0.379. The van der Waals surface area contributed by atoms with Gasteiger partial charge in [0, 0.05) is 21.9 Å². The third kappa shape index (κ3) is 1.95. The number of aromatic nitrogens is 1. The Hall–Kier alpha value is -2.29. The Morgan fingerprint density at radius 3 is 2.65 bits per heavy atom. The molecule has 0 saturated carbocycles. The van der Waals surface area contributed by atoms with Crippen molar-refractivity contribution in [1.29, 1.82) is 0 Å². The highest BCUT2D eigenvalue weighted by Gasteiger charge is 2.15. The molecule has 2 aromatic carbocycles. The smallest absolute Gasteiger partial charge is 0.249 e. The average Bonchev–Trinajstić information content (AvgIpc) is 2.78. The first-order valence-corrected chi connectivity index (χ1v) is 6.90. The number of para-hydroxylation sites is 1. The maximum atomic E-state index is 11.7. The van der Waals surface area contributed by atoms with Gasteiger partial charge in [-0.15, -0.1) is 0 Å². The molecule has 3 N–H and O–H groups in total. The number of benzene rings is 2. The van der Waals surface area contributed by atoms with Crippen LogP contribution in [0.15, 0.2) is 36.4 Å². The Morgan fingerprint density at radius 2 is 1.95 bits per heavy atom. The molecule has 0 aliphatic rings. The van der Waals surface area contributed by atoms with Crippen LogP contribution in [0.25, 0.3) is 21.8 Å². The van der Waals surface area contributed by atoms with Crippen molar-refractivity contribution in [2.45, 2.75) is 20.3 Å². The zero-order chi connectivity index (χ0) is 14.3. The molecule has 102 valence electrons. The van der Waals surface area contributed by atoms with Crippen molar-refractivity contribution >= 4 is 27.7 Å². The molecule has 0 unspecified atom stereocenters. The average molecular weight is 266 g/mol. The van der Waals surface area contributed by atoms with Crippen LogP contribution in [0.5, 0.6) is 0 Å². The fourth-order valence-corrected chi connectivity index (χ4v) is 2.83. The number of nitrogens with one attached hydrogen (secondary N) is 1. The maximum absolute atomic E-state index is 11.7. The summed E-state index contributed by atoms with van der Waals surface area (Å²) in [5.74, 6) is 0.180. The van der Waals surface area contributed by atoms with Gasteiger partial charge in [0.25, 0.3) is 0 Å². The molecular formula is C17H18N2O. The molecule has 0 fully saturated rings. The molecule has 0 radical (unpaired) electrons. The van der Waals surface area contributed by atoms with Crippen LogP contribution in [0.3, 0.4) is 0 Å². The SMILES string of the molecule is CC(C)Cc1ccc(C(N)=O)c2c1[nH]c1ccccc12. The lowest BCUT2D eigenvalue weighted by molar-refractivity contribution is 0.100. The highest BCUT2D eigenvalue weighted by Crippen LogP contribution is 2.31. The largest absolute Gasteiger partial charge is 0.366 e. The number of carbonyl (C=O) groups is 1. The fourth-order valence-electron chi connectivity index (χ4n) is 2.83. The summed E-state index contributed by atoms with van der Waals surface area (Å²) in [6.45, 7) is 4.38. The molecule has 0 spiro atoms. The fraction of sp³-hybridized carbons (Fsp3) is 0.235. The van der Waals surface area contributed by atoms with Crippen LogP contribution < -0.4 is 5.73 Å². The normalized spacial score (nSPS) is 11.6. The van der Waals surface area contributed by atoms with Gasteiger partial charge < -0.3 is 10.7 Å². The number of nitrogens with two attached hydrogens (primary N) is 1. The summed E-state index contributed by atoms with van der Waals surface area (Å²) in [5, 5.41) is 2.01. The maximum Gasteiger partial charge on any atom is 0.249 e. The third-order valence-corrected chi connectivity index (χ3v) is 3.64. The van der Waals surface area contributed by atoms with Gasteiger partial charge in [0.2, 0.25) is 5.91 Å². The second-order valence-corrected chi connectivity index (χ2v) is 5.66. The molecule has 1 amide bonds. The Kier molecular flexibility index (Phi) is 2.97. The van der Waals surface area contributed by atoms with Crippen molar-refractivity contribution in [3.63, 3.8) is 0 Å². The quantitative estimate of drug-likeness (QED) is 0.747. The predicted molar refractivity (Wildman–Crippen MR) is 82.9 cm³/mol. The lowest BCUT2D eigenvalue weighted by atomic mass is 9.97. The van der Waals surface area contributed by atoms with Crippen LogP contribution in [0.1, 0.15) is 29.8 Å². The topological polar surface area (TPSA) is 58.9 Å². The van der Waals surface area contributed by atoms with Crippen molar-refractivity contribution < 1.29 is 4.79 Å². The zero-order valence-electron chi connectivity index (χ0n) is 11.7. The summed E-state index contributed by atoms with van der Waals surface area (Å²) >= 11 is 0. The first-order chi connectivity index (χ1) is 9.58. The number of carbonyl (C=O) groups excluding carboxylic acids is 1. The molecule has 20 heavy (non-hydrogen) atoms. The number of primary amides is 1. The molecular weight excluding hydrogens is 248 g/mol. The van der Waals surface area contributed by atoms with E-state index in [2.05, 4.69) is 18.8 Å². The van der Waals surface area contributed by atoms with E-state index in [0.717, 1.165) is 28.2 Å². The van der Waals surface area contributed by atoms with E-state index in [0.29, 0.717) is 11.5 Å². The minimum atomic E-state index is -0.379.